The fourth-order valence-corrected chi connectivity index (χ4v) is 4.82. The molecule has 0 radical (unpaired) electrons. The molecule has 31 heavy (non-hydrogen) atoms. The van der Waals surface area contributed by atoms with E-state index in [4.69, 9.17) is 9.47 Å². The number of carbonyl (C=O) groups is 1. The summed E-state index contributed by atoms with van der Waals surface area (Å²) < 4.78 is 39.3. The smallest absolute Gasteiger partial charge is 0.284 e. The fourth-order valence-electron chi connectivity index (χ4n) is 2.62. The number of nitro groups is 1. The summed E-state index contributed by atoms with van der Waals surface area (Å²) >= 11 is 0.903. The number of methoxy groups -OCH3 is 2. The van der Waals surface area contributed by atoms with Crippen LogP contribution in [-0.4, -0.2) is 50.6 Å². The Morgan fingerprint density at radius 2 is 1.74 bits per heavy atom. The Morgan fingerprint density at radius 3 is 2.32 bits per heavy atom. The first-order valence-electron chi connectivity index (χ1n) is 8.65. The summed E-state index contributed by atoms with van der Waals surface area (Å²) in [5, 5.41) is 10.7. The first kappa shape index (κ1) is 22.3. The number of amidine groups is 1. The van der Waals surface area contributed by atoms with Crippen LogP contribution in [-0.2, 0) is 14.8 Å². The van der Waals surface area contributed by atoms with Crippen LogP contribution in [0.4, 0.5) is 5.69 Å². The van der Waals surface area contributed by atoms with Gasteiger partial charge in [0.2, 0.25) is 0 Å². The minimum atomic E-state index is -4.17. The van der Waals surface area contributed by atoms with Gasteiger partial charge >= 0.3 is 0 Å². The molecular weight excluding hydrogens is 446 g/mol. The van der Waals surface area contributed by atoms with E-state index in [9.17, 15) is 23.3 Å². The molecule has 1 amide bonds. The molecule has 1 saturated heterocycles. The highest BCUT2D eigenvalue weighted by Crippen LogP contribution is 2.34. The van der Waals surface area contributed by atoms with Crippen molar-refractivity contribution < 1.29 is 27.6 Å². The highest BCUT2D eigenvalue weighted by Gasteiger charge is 2.32. The van der Waals surface area contributed by atoms with Gasteiger partial charge in [0, 0.05) is 19.2 Å². The van der Waals surface area contributed by atoms with Crippen LogP contribution in [0, 0.1) is 10.1 Å². The van der Waals surface area contributed by atoms with Crippen LogP contribution in [0.5, 0.6) is 11.5 Å². The van der Waals surface area contributed by atoms with Gasteiger partial charge in [0.05, 0.1) is 28.9 Å². The van der Waals surface area contributed by atoms with Crippen molar-refractivity contribution in [3.05, 3.63) is 63.0 Å². The number of likely N-dealkylation sites (N-methyl/N-ethyl adjacent to an activating group) is 1. The third kappa shape index (κ3) is 4.70. The van der Waals surface area contributed by atoms with Gasteiger partial charge in [-0.25, -0.2) is 0 Å². The number of ether oxygens (including phenoxy) is 2. The van der Waals surface area contributed by atoms with Crippen molar-refractivity contribution in [1.29, 1.82) is 0 Å². The molecule has 0 spiro atoms. The maximum Gasteiger partial charge on any atom is 0.284 e. The van der Waals surface area contributed by atoms with Crippen LogP contribution in [0.15, 0.2) is 56.7 Å². The summed E-state index contributed by atoms with van der Waals surface area (Å²) in [6, 6.07) is 9.44. The lowest BCUT2D eigenvalue weighted by molar-refractivity contribution is -0.384. The van der Waals surface area contributed by atoms with Crippen molar-refractivity contribution in [3.63, 3.8) is 0 Å². The number of rotatable bonds is 6. The number of nitro benzene ring substituents is 1. The molecule has 2 aromatic carbocycles. The lowest BCUT2D eigenvalue weighted by atomic mass is 10.2. The second-order valence-electron chi connectivity index (χ2n) is 6.19. The molecule has 12 heteroatoms. The quantitative estimate of drug-likeness (QED) is 0.363. The number of thioether (sulfide) groups is 1. The topological polar surface area (TPSA) is 128 Å². The molecule has 162 valence electrons. The molecule has 1 heterocycles. The van der Waals surface area contributed by atoms with Crippen LogP contribution >= 0.6 is 11.8 Å². The Labute approximate surface area is 182 Å². The zero-order valence-electron chi connectivity index (χ0n) is 16.6. The van der Waals surface area contributed by atoms with E-state index in [0.29, 0.717) is 17.1 Å². The Morgan fingerprint density at radius 1 is 1.10 bits per heavy atom. The minimum absolute atomic E-state index is 0.0323. The predicted molar refractivity (Wildman–Crippen MR) is 116 cm³/mol. The molecule has 0 saturated carbocycles. The lowest BCUT2D eigenvalue weighted by Crippen LogP contribution is -2.24. The number of non-ortho nitro benzene ring substituents is 1. The van der Waals surface area contributed by atoms with Crippen molar-refractivity contribution in [2.24, 2.45) is 4.40 Å². The van der Waals surface area contributed by atoms with Gasteiger partial charge in [0.25, 0.3) is 21.6 Å². The van der Waals surface area contributed by atoms with E-state index >= 15 is 0 Å². The normalized spacial score (nSPS) is 16.7. The predicted octanol–water partition coefficient (Wildman–Crippen LogP) is 2.90. The molecule has 10 nitrogen and oxygen atoms in total. The van der Waals surface area contributed by atoms with Gasteiger partial charge in [0.1, 0.15) is 0 Å². The molecule has 1 fully saturated rings. The summed E-state index contributed by atoms with van der Waals surface area (Å²) in [7, 11) is 0.241. The first-order chi connectivity index (χ1) is 14.7. The molecule has 0 N–H and O–H groups in total. The Balaban J connectivity index is 1.90. The van der Waals surface area contributed by atoms with E-state index in [1.54, 1.807) is 24.3 Å². The second kappa shape index (κ2) is 8.78. The van der Waals surface area contributed by atoms with Gasteiger partial charge in [0.15, 0.2) is 16.7 Å². The van der Waals surface area contributed by atoms with E-state index in [1.807, 2.05) is 0 Å². The number of amides is 1. The third-order valence-electron chi connectivity index (χ3n) is 4.25. The van der Waals surface area contributed by atoms with Crippen molar-refractivity contribution in [2.45, 2.75) is 4.90 Å². The number of carbonyl (C=O) groups excluding carboxylic acids is 1. The third-order valence-corrected chi connectivity index (χ3v) is 6.71. The van der Waals surface area contributed by atoms with E-state index in [-0.39, 0.29) is 20.7 Å². The standard InChI is InChI=1S/C19H17N3O7S2/c1-21-18(23)17(11-12-4-9-15(28-2)16(10-12)29-3)30-19(21)20-31(26,27)14-7-5-13(6-8-14)22(24)25/h4-11H,1-3H3/b17-11-,20-19+. The maximum atomic E-state index is 12.6. The van der Waals surface area contributed by atoms with Crippen LogP contribution < -0.4 is 9.47 Å². The molecule has 0 aliphatic carbocycles. The number of nitrogens with zero attached hydrogens (tertiary/aromatic N) is 3. The van der Waals surface area contributed by atoms with Gasteiger partial charge in [-0.05, 0) is 47.7 Å². The molecule has 0 atom stereocenters. The number of hydrogen-bond donors (Lipinski definition) is 0. The number of hydrogen-bond acceptors (Lipinski definition) is 8. The summed E-state index contributed by atoms with van der Waals surface area (Å²) in [6.07, 6.45) is 1.59. The fraction of sp³-hybridized carbons (Fsp3) is 0.158. The highest BCUT2D eigenvalue weighted by molar-refractivity contribution is 8.19. The minimum Gasteiger partial charge on any atom is -0.493 e. The van der Waals surface area contributed by atoms with Gasteiger partial charge in [-0.15, -0.1) is 4.40 Å². The van der Waals surface area contributed by atoms with E-state index in [1.165, 1.54) is 21.3 Å². The molecule has 3 rings (SSSR count). The summed E-state index contributed by atoms with van der Waals surface area (Å²) in [5.41, 5.74) is 0.413. The van der Waals surface area contributed by atoms with Crippen molar-refractivity contribution >= 4 is 44.6 Å². The van der Waals surface area contributed by atoms with Crippen molar-refractivity contribution in [3.8, 4) is 11.5 Å². The van der Waals surface area contributed by atoms with E-state index in [0.717, 1.165) is 40.9 Å². The van der Waals surface area contributed by atoms with Crippen molar-refractivity contribution in [2.75, 3.05) is 21.3 Å². The van der Waals surface area contributed by atoms with Gasteiger partial charge in [-0.3, -0.25) is 19.8 Å². The molecular formula is C19H17N3O7S2. The number of sulfonamides is 1. The average Bonchev–Trinajstić information content (AvgIpc) is 3.00. The molecule has 0 unspecified atom stereocenters. The van der Waals surface area contributed by atoms with Crippen molar-refractivity contribution in [1.82, 2.24) is 4.90 Å². The van der Waals surface area contributed by atoms with Gasteiger partial charge in [-0.1, -0.05) is 6.07 Å². The van der Waals surface area contributed by atoms with Crippen LogP contribution in [0.25, 0.3) is 6.08 Å². The average molecular weight is 463 g/mol. The first-order valence-corrected chi connectivity index (χ1v) is 10.9. The van der Waals surface area contributed by atoms with Crippen LogP contribution in [0.1, 0.15) is 5.56 Å². The highest BCUT2D eigenvalue weighted by atomic mass is 32.2. The lowest BCUT2D eigenvalue weighted by Gasteiger charge is -2.08. The molecule has 0 bridgehead atoms. The van der Waals surface area contributed by atoms with Crippen LogP contribution in [0.3, 0.4) is 0 Å². The van der Waals surface area contributed by atoms with E-state index in [2.05, 4.69) is 4.40 Å². The second-order valence-corrected chi connectivity index (χ2v) is 8.80. The largest absolute Gasteiger partial charge is 0.493 e. The SMILES string of the molecule is COc1ccc(/C=C2\S/C(=N/S(=O)(=O)c3ccc([N+](=O)[O-])cc3)N(C)C2=O)cc1OC. The zero-order valence-corrected chi connectivity index (χ0v) is 18.3. The van der Waals surface area contributed by atoms with E-state index < -0.39 is 20.9 Å². The van der Waals surface area contributed by atoms with Gasteiger partial charge < -0.3 is 9.47 Å². The Hall–Kier alpha value is -3.38. The summed E-state index contributed by atoms with van der Waals surface area (Å²) in [5.74, 6) is 0.594. The maximum absolute atomic E-state index is 12.6. The molecule has 1 aliphatic rings. The zero-order chi connectivity index (χ0) is 22.8. The summed E-state index contributed by atoms with van der Waals surface area (Å²) in [4.78, 5) is 23.9. The Kier molecular flexibility index (Phi) is 6.32. The molecule has 2 aromatic rings. The Bertz CT molecular complexity index is 1210. The van der Waals surface area contributed by atoms with Crippen LogP contribution in [0.2, 0.25) is 0 Å². The number of benzene rings is 2. The molecule has 1 aliphatic heterocycles. The summed E-state index contributed by atoms with van der Waals surface area (Å²) in [6.45, 7) is 0. The molecule has 0 aromatic heterocycles. The monoisotopic (exact) mass is 463 g/mol. The van der Waals surface area contributed by atoms with Gasteiger partial charge in [-0.2, -0.15) is 8.42 Å².